The molecular weight excluding hydrogens is 232 g/mol. The number of piperazine rings is 1. The molecule has 2 fully saturated rings. The average molecular weight is 260 g/mol. The third-order valence-corrected chi connectivity index (χ3v) is 4.08. The maximum atomic E-state index is 4.04. The van der Waals surface area contributed by atoms with Crippen LogP contribution in [-0.2, 0) is 0 Å². The molecule has 1 heterocycles. The Morgan fingerprint density at radius 3 is 2.47 bits per heavy atom. The summed E-state index contributed by atoms with van der Waals surface area (Å²) in [6.07, 6.45) is 10.7. The minimum atomic E-state index is 0.572. The number of nitrogens with zero attached hydrogens (tertiary/aromatic N) is 1. The van der Waals surface area contributed by atoms with Gasteiger partial charge in [0.05, 0.1) is 0 Å². The molecule has 0 bridgehead atoms. The molecule has 0 aromatic rings. The molecule has 0 aromatic carbocycles. The predicted octanol–water partition coefficient (Wildman–Crippen LogP) is 3.14. The van der Waals surface area contributed by atoms with Crippen LogP contribution in [0.1, 0.15) is 33.1 Å². The lowest BCUT2D eigenvalue weighted by Crippen LogP contribution is -2.49. The van der Waals surface area contributed by atoms with Gasteiger partial charge in [-0.2, -0.15) is 0 Å². The van der Waals surface area contributed by atoms with E-state index in [4.69, 9.17) is 0 Å². The fourth-order valence-electron chi connectivity index (χ4n) is 2.74. The van der Waals surface area contributed by atoms with Crippen LogP contribution < -0.4 is 5.32 Å². The van der Waals surface area contributed by atoms with E-state index in [1.807, 2.05) is 0 Å². The quantitative estimate of drug-likeness (QED) is 0.738. The SMILES string of the molecule is C=C/C(=C\C=C(C)C)C(CC1CC1)N1CCNCC1. The van der Waals surface area contributed by atoms with E-state index in [0.29, 0.717) is 6.04 Å². The molecule has 0 spiro atoms. The van der Waals surface area contributed by atoms with Crippen molar-refractivity contribution in [2.45, 2.75) is 39.2 Å². The van der Waals surface area contributed by atoms with Crippen molar-refractivity contribution in [1.29, 1.82) is 0 Å². The molecule has 106 valence electrons. The Kier molecular flexibility index (Phi) is 5.41. The first-order chi connectivity index (χ1) is 9.20. The van der Waals surface area contributed by atoms with Crippen molar-refractivity contribution in [3.8, 4) is 0 Å². The van der Waals surface area contributed by atoms with E-state index in [9.17, 15) is 0 Å². The summed E-state index contributed by atoms with van der Waals surface area (Å²) in [7, 11) is 0. The van der Waals surface area contributed by atoms with E-state index in [-0.39, 0.29) is 0 Å². The second kappa shape index (κ2) is 7.06. The zero-order valence-electron chi connectivity index (χ0n) is 12.5. The van der Waals surface area contributed by atoms with Crippen LogP contribution in [0.15, 0.2) is 36.0 Å². The molecule has 0 amide bonds. The van der Waals surface area contributed by atoms with Gasteiger partial charge in [-0.1, -0.05) is 43.2 Å². The summed E-state index contributed by atoms with van der Waals surface area (Å²) < 4.78 is 0. The van der Waals surface area contributed by atoms with E-state index >= 15 is 0 Å². The normalized spacial score (nSPS) is 22.9. The molecule has 0 radical (unpaired) electrons. The van der Waals surface area contributed by atoms with Gasteiger partial charge in [-0.3, -0.25) is 4.90 Å². The highest BCUT2D eigenvalue weighted by molar-refractivity contribution is 5.29. The number of hydrogen-bond donors (Lipinski definition) is 1. The Morgan fingerprint density at radius 2 is 1.95 bits per heavy atom. The molecule has 19 heavy (non-hydrogen) atoms. The maximum absolute atomic E-state index is 4.04. The van der Waals surface area contributed by atoms with Gasteiger partial charge in [0.15, 0.2) is 0 Å². The van der Waals surface area contributed by atoms with Gasteiger partial charge in [0.2, 0.25) is 0 Å². The van der Waals surface area contributed by atoms with Gasteiger partial charge in [-0.25, -0.2) is 0 Å². The fourth-order valence-corrected chi connectivity index (χ4v) is 2.74. The van der Waals surface area contributed by atoms with Crippen molar-refractivity contribution >= 4 is 0 Å². The summed E-state index contributed by atoms with van der Waals surface area (Å²) >= 11 is 0. The molecule has 2 rings (SSSR count). The Bertz CT molecular complexity index is 353. The molecule has 1 unspecified atom stereocenters. The first-order valence-corrected chi connectivity index (χ1v) is 7.63. The van der Waals surface area contributed by atoms with Gasteiger partial charge in [-0.15, -0.1) is 0 Å². The summed E-state index contributed by atoms with van der Waals surface area (Å²) in [6.45, 7) is 12.9. The van der Waals surface area contributed by atoms with Gasteiger partial charge in [0, 0.05) is 32.2 Å². The number of nitrogens with one attached hydrogen (secondary N) is 1. The van der Waals surface area contributed by atoms with Crippen molar-refractivity contribution in [2.75, 3.05) is 26.2 Å². The van der Waals surface area contributed by atoms with E-state index in [1.54, 1.807) is 0 Å². The highest BCUT2D eigenvalue weighted by Crippen LogP contribution is 2.36. The predicted molar refractivity (Wildman–Crippen MR) is 83.3 cm³/mol. The standard InChI is InChI=1S/C17H28N2/c1-4-16(8-5-14(2)3)17(13-15-6-7-15)19-11-9-18-10-12-19/h4-5,8,15,17-18H,1,6-7,9-13H2,2-3H3/b16-8+. The molecule has 2 aliphatic rings. The first-order valence-electron chi connectivity index (χ1n) is 7.63. The monoisotopic (exact) mass is 260 g/mol. The molecule has 1 atom stereocenters. The molecular formula is C17H28N2. The summed E-state index contributed by atoms with van der Waals surface area (Å²) in [4.78, 5) is 2.64. The van der Waals surface area contributed by atoms with Crippen LogP contribution in [0.3, 0.4) is 0 Å². The molecule has 1 saturated carbocycles. The minimum absolute atomic E-state index is 0.572. The Hall–Kier alpha value is -0.860. The van der Waals surface area contributed by atoms with Crippen molar-refractivity contribution in [3.63, 3.8) is 0 Å². The van der Waals surface area contributed by atoms with Gasteiger partial charge in [-0.05, 0) is 31.8 Å². The molecule has 0 aromatic heterocycles. The maximum Gasteiger partial charge on any atom is 0.0351 e. The lowest BCUT2D eigenvalue weighted by Gasteiger charge is -2.36. The number of hydrogen-bond acceptors (Lipinski definition) is 2. The Balaban J connectivity index is 2.11. The highest BCUT2D eigenvalue weighted by atomic mass is 15.2. The van der Waals surface area contributed by atoms with Crippen LogP contribution in [-0.4, -0.2) is 37.1 Å². The second-order valence-electron chi connectivity index (χ2n) is 6.10. The van der Waals surface area contributed by atoms with E-state index in [1.165, 1.54) is 30.4 Å². The van der Waals surface area contributed by atoms with Gasteiger partial charge >= 0.3 is 0 Å². The van der Waals surface area contributed by atoms with Crippen molar-refractivity contribution in [1.82, 2.24) is 10.2 Å². The van der Waals surface area contributed by atoms with Crippen LogP contribution in [0.4, 0.5) is 0 Å². The van der Waals surface area contributed by atoms with Crippen molar-refractivity contribution in [2.24, 2.45) is 5.92 Å². The highest BCUT2D eigenvalue weighted by Gasteiger charge is 2.30. The molecule has 1 N–H and O–H groups in total. The molecule has 1 aliphatic heterocycles. The lowest BCUT2D eigenvalue weighted by molar-refractivity contribution is 0.184. The second-order valence-corrected chi connectivity index (χ2v) is 6.10. The van der Waals surface area contributed by atoms with Crippen LogP contribution in [0.25, 0.3) is 0 Å². The van der Waals surface area contributed by atoms with Gasteiger partial charge in [0.25, 0.3) is 0 Å². The Morgan fingerprint density at radius 1 is 1.26 bits per heavy atom. The van der Waals surface area contributed by atoms with E-state index in [2.05, 4.69) is 48.9 Å². The van der Waals surface area contributed by atoms with Crippen LogP contribution >= 0.6 is 0 Å². The topological polar surface area (TPSA) is 15.3 Å². The largest absolute Gasteiger partial charge is 0.314 e. The van der Waals surface area contributed by atoms with Crippen molar-refractivity contribution < 1.29 is 0 Å². The minimum Gasteiger partial charge on any atom is -0.314 e. The van der Waals surface area contributed by atoms with E-state index in [0.717, 1.165) is 32.1 Å². The summed E-state index contributed by atoms with van der Waals surface area (Å²) in [5.74, 6) is 0.954. The van der Waals surface area contributed by atoms with E-state index < -0.39 is 0 Å². The molecule has 2 heteroatoms. The fraction of sp³-hybridized carbons (Fsp3) is 0.647. The van der Waals surface area contributed by atoms with Gasteiger partial charge in [0.1, 0.15) is 0 Å². The zero-order valence-corrected chi connectivity index (χ0v) is 12.5. The Labute approximate surface area is 118 Å². The van der Waals surface area contributed by atoms with Gasteiger partial charge < -0.3 is 5.32 Å². The summed E-state index contributed by atoms with van der Waals surface area (Å²) in [6, 6.07) is 0.572. The van der Waals surface area contributed by atoms with Crippen molar-refractivity contribution in [3.05, 3.63) is 36.0 Å². The lowest BCUT2D eigenvalue weighted by atomic mass is 9.97. The van der Waals surface area contributed by atoms with Crippen LogP contribution in [0, 0.1) is 5.92 Å². The summed E-state index contributed by atoms with van der Waals surface area (Å²) in [5, 5.41) is 3.45. The average Bonchev–Trinajstić information content (AvgIpc) is 3.23. The summed E-state index contributed by atoms with van der Waals surface area (Å²) in [5.41, 5.74) is 2.75. The molecule has 1 saturated heterocycles. The number of allylic oxidation sites excluding steroid dienone is 3. The number of rotatable bonds is 6. The first kappa shape index (κ1) is 14.5. The molecule has 1 aliphatic carbocycles. The third kappa shape index (κ3) is 4.63. The molecule has 2 nitrogen and oxygen atoms in total. The smallest absolute Gasteiger partial charge is 0.0351 e. The van der Waals surface area contributed by atoms with Crippen LogP contribution in [0.2, 0.25) is 0 Å². The zero-order chi connectivity index (χ0) is 13.7. The van der Waals surface area contributed by atoms with Crippen LogP contribution in [0.5, 0.6) is 0 Å². The third-order valence-electron chi connectivity index (χ3n) is 4.08.